The van der Waals surface area contributed by atoms with Crippen molar-refractivity contribution in [3.05, 3.63) is 180 Å². The Morgan fingerprint density at radius 3 is 2.13 bits per heavy atom. The van der Waals surface area contributed by atoms with Crippen LogP contribution in [0.3, 0.4) is 0 Å². The van der Waals surface area contributed by atoms with Crippen LogP contribution in [0.1, 0.15) is 30.5 Å². The molecule has 7 aromatic carbocycles. The van der Waals surface area contributed by atoms with Gasteiger partial charge in [0.15, 0.2) is 0 Å². The number of benzene rings is 7. The van der Waals surface area contributed by atoms with Crippen LogP contribution in [0.15, 0.2) is 164 Å². The molecule has 0 fully saturated rings. The number of aromatic nitrogens is 2. The zero-order valence-corrected chi connectivity index (χ0v) is 28.9. The number of pyridine rings is 1. The Hall–Kier alpha value is -6.76. The number of nitrogens with zero attached hydrogens (tertiary/aromatic N) is 3. The van der Waals surface area contributed by atoms with Crippen molar-refractivity contribution in [3.8, 4) is 56.4 Å². The van der Waals surface area contributed by atoms with Gasteiger partial charge in [-0.05, 0) is 87.5 Å². The lowest BCUT2D eigenvalue weighted by Crippen LogP contribution is -2.14. The van der Waals surface area contributed by atoms with E-state index < -0.39 is 0 Å². The Balaban J connectivity index is 1.34. The van der Waals surface area contributed by atoms with E-state index in [4.69, 9.17) is 4.98 Å². The van der Waals surface area contributed by atoms with Crippen molar-refractivity contribution in [2.45, 2.75) is 19.3 Å². The summed E-state index contributed by atoms with van der Waals surface area (Å²) in [6.45, 7) is 4.69. The van der Waals surface area contributed by atoms with E-state index >= 15 is 0 Å². The van der Waals surface area contributed by atoms with Gasteiger partial charge in [0, 0.05) is 38.4 Å². The third-order valence-corrected chi connectivity index (χ3v) is 11.0. The molecule has 52 heavy (non-hydrogen) atoms. The van der Waals surface area contributed by atoms with Crippen molar-refractivity contribution in [1.82, 2.24) is 9.55 Å². The molecule has 1 aliphatic carbocycles. The molecule has 3 nitrogen and oxygen atoms in total. The van der Waals surface area contributed by atoms with Gasteiger partial charge in [0.05, 0.1) is 33.9 Å². The monoisotopic (exact) mass is 663 g/mol. The molecule has 0 atom stereocenters. The third-order valence-electron chi connectivity index (χ3n) is 11.0. The van der Waals surface area contributed by atoms with Gasteiger partial charge < -0.3 is 4.57 Å². The molecule has 0 saturated heterocycles. The largest absolute Gasteiger partial charge is 0.309 e. The van der Waals surface area contributed by atoms with Crippen molar-refractivity contribution >= 4 is 32.7 Å². The van der Waals surface area contributed by atoms with Crippen molar-refractivity contribution in [3.63, 3.8) is 0 Å². The van der Waals surface area contributed by atoms with E-state index in [1.807, 2.05) is 24.3 Å². The molecule has 0 N–H and O–H groups in total. The van der Waals surface area contributed by atoms with E-state index in [1.165, 1.54) is 38.5 Å². The minimum absolute atomic E-state index is 0.129. The molecule has 244 valence electrons. The minimum atomic E-state index is -0.129. The lowest BCUT2D eigenvalue weighted by atomic mass is 9.82. The molecule has 0 aliphatic heterocycles. The average molecular weight is 664 g/mol. The molecule has 2 aromatic heterocycles. The number of fused-ring (bicyclic) bond motifs is 8. The van der Waals surface area contributed by atoms with Crippen molar-refractivity contribution < 1.29 is 0 Å². The van der Waals surface area contributed by atoms with Crippen LogP contribution in [0.25, 0.3) is 83.0 Å². The average Bonchev–Trinajstić information content (AvgIpc) is 3.66. The molecule has 0 amide bonds. The SMILES string of the molecule is CC1(C)c2ccccc2-c2c1ccc1c3ccccc3n(-c3cc(-c4cccc(C#N)c4)cc(-c4cc(-c5ccccc5)nc5ccccc45)c3)c21. The first kappa shape index (κ1) is 30.1. The zero-order valence-electron chi connectivity index (χ0n) is 28.9. The Morgan fingerprint density at radius 1 is 0.538 bits per heavy atom. The highest BCUT2D eigenvalue weighted by Crippen LogP contribution is 2.53. The molecular weight excluding hydrogens is 631 g/mol. The minimum Gasteiger partial charge on any atom is -0.309 e. The predicted octanol–water partition coefficient (Wildman–Crippen LogP) is 12.5. The van der Waals surface area contributed by atoms with E-state index in [1.54, 1.807) is 0 Å². The maximum absolute atomic E-state index is 9.89. The van der Waals surface area contributed by atoms with Gasteiger partial charge in [-0.2, -0.15) is 5.26 Å². The van der Waals surface area contributed by atoms with E-state index in [9.17, 15) is 5.26 Å². The van der Waals surface area contributed by atoms with E-state index in [-0.39, 0.29) is 5.41 Å². The number of para-hydroxylation sites is 2. The first-order valence-corrected chi connectivity index (χ1v) is 17.8. The van der Waals surface area contributed by atoms with Crippen LogP contribution in [0.5, 0.6) is 0 Å². The highest BCUT2D eigenvalue weighted by Gasteiger charge is 2.37. The summed E-state index contributed by atoms with van der Waals surface area (Å²) in [4.78, 5) is 5.12. The standard InChI is InChI=1S/C49H33N3/c1-49(2)42-20-9-6-19-40(42)47-43(49)24-23-39-38-18-8-11-22-46(38)52(48(39)47)36-27-34(33-16-12-13-31(25-33)30-50)26-35(28-36)41-29-45(32-14-4-3-5-15-32)51-44-21-10-7-17-37(41)44/h3-29H,1-2H3. The Morgan fingerprint density at radius 2 is 1.27 bits per heavy atom. The van der Waals surface area contributed by atoms with Crippen LogP contribution < -0.4 is 0 Å². The van der Waals surface area contributed by atoms with Crippen molar-refractivity contribution in [1.29, 1.82) is 5.26 Å². The first-order valence-electron chi connectivity index (χ1n) is 17.8. The smallest absolute Gasteiger partial charge is 0.0991 e. The number of rotatable bonds is 4. The fourth-order valence-corrected chi connectivity index (χ4v) is 8.51. The molecule has 0 unspecified atom stereocenters. The normalized spacial score (nSPS) is 12.9. The van der Waals surface area contributed by atoms with Crippen LogP contribution in [0.4, 0.5) is 0 Å². The Labute approximate surface area is 302 Å². The molecule has 0 bridgehead atoms. The topological polar surface area (TPSA) is 41.6 Å². The maximum Gasteiger partial charge on any atom is 0.0991 e. The van der Waals surface area contributed by atoms with Gasteiger partial charge in [-0.15, -0.1) is 0 Å². The van der Waals surface area contributed by atoms with Gasteiger partial charge in [-0.3, -0.25) is 0 Å². The van der Waals surface area contributed by atoms with Gasteiger partial charge >= 0.3 is 0 Å². The summed E-state index contributed by atoms with van der Waals surface area (Å²) in [7, 11) is 0. The highest BCUT2D eigenvalue weighted by atomic mass is 15.0. The second kappa shape index (κ2) is 11.4. The van der Waals surface area contributed by atoms with Crippen LogP contribution in [0, 0.1) is 11.3 Å². The van der Waals surface area contributed by atoms with E-state index in [0.717, 1.165) is 55.6 Å². The summed E-state index contributed by atoms with van der Waals surface area (Å²) in [6.07, 6.45) is 0. The molecule has 1 aliphatic rings. The molecular formula is C49H33N3. The predicted molar refractivity (Wildman–Crippen MR) is 215 cm³/mol. The van der Waals surface area contributed by atoms with Gasteiger partial charge in [0.1, 0.15) is 0 Å². The molecule has 0 radical (unpaired) electrons. The summed E-state index contributed by atoms with van der Waals surface area (Å²) in [5.74, 6) is 0. The molecule has 0 saturated carbocycles. The maximum atomic E-state index is 9.89. The Kier molecular flexibility index (Phi) is 6.59. The summed E-state index contributed by atoms with van der Waals surface area (Å²) in [6, 6.07) is 60.6. The summed E-state index contributed by atoms with van der Waals surface area (Å²) < 4.78 is 2.48. The number of nitriles is 1. The van der Waals surface area contributed by atoms with E-state index in [0.29, 0.717) is 5.56 Å². The Bertz CT molecular complexity index is 2940. The second-order valence-electron chi connectivity index (χ2n) is 14.3. The van der Waals surface area contributed by atoms with Crippen LogP contribution in [0.2, 0.25) is 0 Å². The van der Waals surface area contributed by atoms with Crippen LogP contribution in [-0.4, -0.2) is 9.55 Å². The summed E-state index contributed by atoms with van der Waals surface area (Å²) in [5, 5.41) is 13.4. The molecule has 9 aromatic rings. The first-order chi connectivity index (χ1) is 25.5. The quantitative estimate of drug-likeness (QED) is 0.188. The third kappa shape index (κ3) is 4.48. The second-order valence-corrected chi connectivity index (χ2v) is 14.3. The summed E-state index contributed by atoms with van der Waals surface area (Å²) >= 11 is 0. The highest BCUT2D eigenvalue weighted by molar-refractivity contribution is 6.16. The number of hydrogen-bond acceptors (Lipinski definition) is 2. The number of hydrogen-bond donors (Lipinski definition) is 0. The fourth-order valence-electron chi connectivity index (χ4n) is 8.51. The molecule has 10 rings (SSSR count). The van der Waals surface area contributed by atoms with Gasteiger partial charge in [0.2, 0.25) is 0 Å². The molecule has 2 heterocycles. The fraction of sp³-hybridized carbons (Fsp3) is 0.0612. The van der Waals surface area contributed by atoms with Gasteiger partial charge in [-0.1, -0.05) is 129 Å². The summed E-state index contributed by atoms with van der Waals surface area (Å²) in [5.41, 5.74) is 16.5. The van der Waals surface area contributed by atoms with E-state index in [2.05, 4.69) is 164 Å². The van der Waals surface area contributed by atoms with Gasteiger partial charge in [0.25, 0.3) is 0 Å². The zero-order chi connectivity index (χ0) is 35.0. The lowest BCUT2D eigenvalue weighted by Gasteiger charge is -2.21. The van der Waals surface area contributed by atoms with Crippen molar-refractivity contribution in [2.75, 3.05) is 0 Å². The van der Waals surface area contributed by atoms with Crippen LogP contribution >= 0.6 is 0 Å². The molecule has 3 heteroatoms. The lowest BCUT2D eigenvalue weighted by molar-refractivity contribution is 0.661. The van der Waals surface area contributed by atoms with Crippen molar-refractivity contribution in [2.24, 2.45) is 0 Å². The molecule has 0 spiro atoms. The van der Waals surface area contributed by atoms with Crippen LogP contribution in [-0.2, 0) is 5.41 Å². The van der Waals surface area contributed by atoms with Gasteiger partial charge in [-0.25, -0.2) is 4.98 Å².